The summed E-state index contributed by atoms with van der Waals surface area (Å²) in [5.41, 5.74) is 0.956. The van der Waals surface area contributed by atoms with Crippen LogP contribution in [0.1, 0.15) is 52.7 Å². The molecule has 1 saturated carbocycles. The lowest BCUT2D eigenvalue weighted by Gasteiger charge is -2.43. The predicted molar refractivity (Wildman–Crippen MR) is 167 cm³/mol. The van der Waals surface area contributed by atoms with Crippen LogP contribution in [0, 0.1) is 0 Å². The smallest absolute Gasteiger partial charge is 0.261 e. The molecule has 0 spiro atoms. The van der Waals surface area contributed by atoms with Gasteiger partial charge in [0.15, 0.2) is 18.0 Å². The molecule has 7 nitrogen and oxygen atoms in total. The van der Waals surface area contributed by atoms with Crippen molar-refractivity contribution in [3.8, 4) is 0 Å². The number of hydrogen-bond donors (Lipinski definition) is 1. The van der Waals surface area contributed by atoms with E-state index < -0.39 is 32.9 Å². The van der Waals surface area contributed by atoms with Crippen molar-refractivity contribution >= 4 is 53.2 Å². The molecule has 222 valence electrons. The maximum atomic E-state index is 15.8. The number of nitrogens with zero attached hydrogens (tertiary/aromatic N) is 4. The lowest BCUT2D eigenvalue weighted by molar-refractivity contribution is -0.0428. The molecule has 42 heavy (non-hydrogen) atoms. The van der Waals surface area contributed by atoms with Crippen molar-refractivity contribution in [3.05, 3.63) is 72.3 Å². The van der Waals surface area contributed by atoms with Gasteiger partial charge in [-0.3, -0.25) is 4.57 Å². The average Bonchev–Trinajstić information content (AvgIpc) is 3.70. The number of ether oxygens (including phenoxy) is 1. The van der Waals surface area contributed by atoms with Gasteiger partial charge in [-0.25, -0.2) is 14.4 Å². The van der Waals surface area contributed by atoms with Crippen LogP contribution in [0.3, 0.4) is 0 Å². The van der Waals surface area contributed by atoms with Gasteiger partial charge in [0.05, 0.1) is 12.9 Å². The standard InChI is InChI=1S/C31H36ClFN4O3SSi/c1-31(2,3)42(21-14-6-4-7-15-21,22-16-8-5-9-17-22)39-18-23-26(38)24(33)29(40-23)37-19-34-25-27(37)35-30(32)36-28(25)41-20-12-10-11-13-20/h4-9,14-17,19-20,23-24,26,29,38H,10-13,18H2,1-3H3/t23-,24+,26-,29-/m1/s1. The number of aromatic nitrogens is 4. The summed E-state index contributed by atoms with van der Waals surface area (Å²) in [5, 5.41) is 14.2. The molecule has 6 rings (SSSR count). The molecule has 0 amide bonds. The summed E-state index contributed by atoms with van der Waals surface area (Å²) in [6.07, 6.45) is 1.000. The number of alkyl halides is 1. The summed E-state index contributed by atoms with van der Waals surface area (Å²) in [5.74, 6) is 0. The Morgan fingerprint density at radius 3 is 2.26 bits per heavy atom. The molecule has 2 aromatic heterocycles. The lowest BCUT2D eigenvalue weighted by Crippen LogP contribution is -2.67. The fourth-order valence-corrected chi connectivity index (χ4v) is 12.4. The zero-order valence-corrected chi connectivity index (χ0v) is 26.6. The third kappa shape index (κ3) is 5.42. The molecule has 3 heterocycles. The molecule has 1 aliphatic heterocycles. The monoisotopic (exact) mass is 626 g/mol. The van der Waals surface area contributed by atoms with E-state index in [4.69, 9.17) is 20.8 Å². The Balaban J connectivity index is 1.29. The van der Waals surface area contributed by atoms with Crippen LogP contribution in [-0.4, -0.2) is 63.2 Å². The third-order valence-corrected chi connectivity index (χ3v) is 14.9. The van der Waals surface area contributed by atoms with Crippen LogP contribution in [0.2, 0.25) is 10.3 Å². The summed E-state index contributed by atoms with van der Waals surface area (Å²) >= 11 is 7.97. The van der Waals surface area contributed by atoms with Gasteiger partial charge >= 0.3 is 0 Å². The minimum Gasteiger partial charge on any atom is -0.405 e. The van der Waals surface area contributed by atoms with Gasteiger partial charge in [0.25, 0.3) is 8.32 Å². The lowest BCUT2D eigenvalue weighted by atomic mass is 10.1. The normalized spacial score (nSPS) is 23.7. The van der Waals surface area contributed by atoms with Gasteiger partial charge in [-0.05, 0) is 39.9 Å². The fraction of sp³-hybridized carbons (Fsp3) is 0.452. The fourth-order valence-electron chi connectivity index (χ4n) is 6.33. The van der Waals surface area contributed by atoms with E-state index in [-0.39, 0.29) is 16.9 Å². The first kappa shape index (κ1) is 29.7. The summed E-state index contributed by atoms with van der Waals surface area (Å²) < 4.78 is 30.5. The Hall–Kier alpha value is -2.34. The molecule has 11 heteroatoms. The van der Waals surface area contributed by atoms with Gasteiger partial charge in [0.1, 0.15) is 22.8 Å². The van der Waals surface area contributed by atoms with Crippen molar-refractivity contribution in [2.75, 3.05) is 6.61 Å². The summed E-state index contributed by atoms with van der Waals surface area (Å²) in [6.45, 7) is 6.55. The minimum atomic E-state index is -2.91. The topological polar surface area (TPSA) is 82.3 Å². The van der Waals surface area contributed by atoms with Gasteiger partial charge in [-0.1, -0.05) is 94.3 Å². The van der Waals surface area contributed by atoms with Crippen LogP contribution < -0.4 is 10.4 Å². The van der Waals surface area contributed by atoms with Gasteiger partial charge in [0.2, 0.25) is 5.28 Å². The van der Waals surface area contributed by atoms with Gasteiger partial charge in [-0.2, -0.15) is 4.98 Å². The molecular formula is C31H36ClFN4O3SSi. The number of aliphatic hydroxyl groups excluding tert-OH is 1. The molecule has 0 bridgehead atoms. The molecule has 2 fully saturated rings. The molecule has 1 N–H and O–H groups in total. The largest absolute Gasteiger partial charge is 0.405 e. The van der Waals surface area contributed by atoms with Crippen LogP contribution in [0.15, 0.2) is 72.0 Å². The summed E-state index contributed by atoms with van der Waals surface area (Å²) in [7, 11) is -2.91. The zero-order chi connectivity index (χ0) is 29.5. The Morgan fingerprint density at radius 1 is 1.05 bits per heavy atom. The van der Waals surface area contributed by atoms with E-state index in [0.29, 0.717) is 21.4 Å². The van der Waals surface area contributed by atoms with E-state index >= 15 is 4.39 Å². The number of thioether (sulfide) groups is 1. The van der Waals surface area contributed by atoms with E-state index in [1.807, 2.05) is 36.4 Å². The SMILES string of the molecule is CC(C)(C)[Si](OC[C@H]1O[C@@H](n2cnc3c(SC4CCCC4)nc(Cl)nc32)[C@@H](F)[C@@H]1O)(c1ccccc1)c1ccccc1. The van der Waals surface area contributed by atoms with E-state index in [9.17, 15) is 5.11 Å². The highest BCUT2D eigenvalue weighted by Crippen LogP contribution is 2.41. The van der Waals surface area contributed by atoms with E-state index in [1.165, 1.54) is 23.7 Å². The number of aliphatic hydroxyl groups is 1. The van der Waals surface area contributed by atoms with Crippen molar-refractivity contribution in [3.63, 3.8) is 0 Å². The van der Waals surface area contributed by atoms with E-state index in [1.54, 1.807) is 11.8 Å². The second-order valence-electron chi connectivity index (χ2n) is 12.1. The Labute approximate surface area is 256 Å². The van der Waals surface area contributed by atoms with Crippen LogP contribution in [0.4, 0.5) is 4.39 Å². The molecular weight excluding hydrogens is 591 g/mol. The van der Waals surface area contributed by atoms with Gasteiger partial charge < -0.3 is 14.3 Å². The first-order chi connectivity index (χ1) is 20.2. The average molecular weight is 627 g/mol. The minimum absolute atomic E-state index is 0.0243. The van der Waals surface area contributed by atoms with Crippen LogP contribution in [-0.2, 0) is 9.16 Å². The highest BCUT2D eigenvalue weighted by Gasteiger charge is 2.52. The number of rotatable bonds is 8. The van der Waals surface area contributed by atoms with Crippen molar-refractivity contribution < 1.29 is 18.7 Å². The van der Waals surface area contributed by atoms with Crippen molar-refractivity contribution in [1.29, 1.82) is 0 Å². The third-order valence-electron chi connectivity index (χ3n) is 8.39. The number of hydrogen-bond acceptors (Lipinski definition) is 7. The second-order valence-corrected chi connectivity index (χ2v) is 18.1. The number of imidazole rings is 1. The molecule has 0 radical (unpaired) electrons. The zero-order valence-electron chi connectivity index (χ0n) is 24.0. The first-order valence-electron chi connectivity index (χ1n) is 14.5. The Kier molecular flexibility index (Phi) is 8.47. The quantitative estimate of drug-likeness (QED) is 0.153. The molecule has 0 unspecified atom stereocenters. The summed E-state index contributed by atoms with van der Waals surface area (Å²) in [4.78, 5) is 13.4. The van der Waals surface area contributed by atoms with Crippen LogP contribution in [0.5, 0.6) is 0 Å². The van der Waals surface area contributed by atoms with E-state index in [2.05, 4.69) is 60.0 Å². The molecule has 4 aromatic rings. The predicted octanol–water partition coefficient (Wildman–Crippen LogP) is 5.69. The molecule has 4 atom stereocenters. The van der Waals surface area contributed by atoms with E-state index in [0.717, 1.165) is 23.2 Å². The molecule has 2 aromatic carbocycles. The van der Waals surface area contributed by atoms with Gasteiger partial charge in [-0.15, -0.1) is 11.8 Å². The second kappa shape index (κ2) is 12.0. The first-order valence-corrected chi connectivity index (χ1v) is 17.6. The highest BCUT2D eigenvalue weighted by molar-refractivity contribution is 8.00. The number of fused-ring (bicyclic) bond motifs is 1. The van der Waals surface area contributed by atoms with Crippen molar-refractivity contribution in [2.45, 2.75) is 86.4 Å². The maximum Gasteiger partial charge on any atom is 0.261 e. The van der Waals surface area contributed by atoms with Gasteiger partial charge in [0, 0.05) is 5.25 Å². The molecule has 1 aliphatic carbocycles. The van der Waals surface area contributed by atoms with Crippen LogP contribution >= 0.6 is 23.4 Å². The summed E-state index contributed by atoms with van der Waals surface area (Å²) in [6, 6.07) is 20.4. The Morgan fingerprint density at radius 2 is 1.67 bits per heavy atom. The maximum absolute atomic E-state index is 15.8. The number of benzene rings is 2. The van der Waals surface area contributed by atoms with Crippen molar-refractivity contribution in [2.24, 2.45) is 0 Å². The van der Waals surface area contributed by atoms with Crippen molar-refractivity contribution in [1.82, 2.24) is 19.5 Å². The highest BCUT2D eigenvalue weighted by atomic mass is 35.5. The van der Waals surface area contributed by atoms with Crippen LogP contribution in [0.25, 0.3) is 11.2 Å². The molecule has 1 saturated heterocycles. The number of halogens is 2. The molecule has 2 aliphatic rings. The Bertz CT molecular complexity index is 1480.